The molecule has 7 heteroatoms. The van der Waals surface area contributed by atoms with Gasteiger partial charge in [0, 0.05) is 26.3 Å². The van der Waals surface area contributed by atoms with Gasteiger partial charge in [-0.05, 0) is 31.0 Å². The first-order valence-electron chi connectivity index (χ1n) is 7.37. The Morgan fingerprint density at radius 1 is 1.30 bits per heavy atom. The van der Waals surface area contributed by atoms with Crippen LogP contribution in [0.15, 0.2) is 41.4 Å². The molecule has 122 valence electrons. The molecule has 1 aromatic carbocycles. The minimum absolute atomic E-state index is 0.127. The van der Waals surface area contributed by atoms with E-state index < -0.39 is 10.0 Å². The van der Waals surface area contributed by atoms with E-state index in [4.69, 9.17) is 0 Å². The molecule has 23 heavy (non-hydrogen) atoms. The van der Waals surface area contributed by atoms with E-state index in [-0.39, 0.29) is 16.8 Å². The Morgan fingerprint density at radius 3 is 2.70 bits per heavy atom. The van der Waals surface area contributed by atoms with Crippen LogP contribution in [0.25, 0.3) is 0 Å². The average Bonchev–Trinajstić information content (AvgIpc) is 3.06. The number of benzene rings is 1. The third-order valence-corrected chi connectivity index (χ3v) is 6.03. The van der Waals surface area contributed by atoms with Crippen LogP contribution in [0.2, 0.25) is 0 Å². The van der Waals surface area contributed by atoms with Gasteiger partial charge in [0.2, 0.25) is 0 Å². The SMILES string of the molecule is CNC(=O)c1cc(S(=O)(=O)N2c3ccccc3CC2C)cn1C. The van der Waals surface area contributed by atoms with Crippen molar-refractivity contribution in [3.8, 4) is 0 Å². The molecule has 1 aliphatic heterocycles. The maximum atomic E-state index is 13.1. The van der Waals surface area contributed by atoms with Gasteiger partial charge in [0.1, 0.15) is 10.6 Å². The van der Waals surface area contributed by atoms with E-state index in [0.29, 0.717) is 17.8 Å². The van der Waals surface area contributed by atoms with Crippen LogP contribution in [0.5, 0.6) is 0 Å². The number of anilines is 1. The Labute approximate surface area is 135 Å². The molecule has 0 aliphatic carbocycles. The fraction of sp³-hybridized carbons (Fsp3) is 0.312. The number of hydrogen-bond donors (Lipinski definition) is 1. The van der Waals surface area contributed by atoms with Crippen molar-refractivity contribution in [3.63, 3.8) is 0 Å². The Kier molecular flexibility index (Phi) is 3.68. The molecule has 0 radical (unpaired) electrons. The summed E-state index contributed by atoms with van der Waals surface area (Å²) in [5.74, 6) is -0.316. The minimum atomic E-state index is -3.71. The Morgan fingerprint density at radius 2 is 2.00 bits per heavy atom. The van der Waals surface area contributed by atoms with Crippen molar-refractivity contribution in [2.45, 2.75) is 24.3 Å². The number of aryl methyl sites for hydroxylation is 1. The van der Waals surface area contributed by atoms with Gasteiger partial charge in [-0.15, -0.1) is 0 Å². The summed E-state index contributed by atoms with van der Waals surface area (Å²) in [5.41, 5.74) is 2.04. The molecule has 1 atom stereocenters. The summed E-state index contributed by atoms with van der Waals surface area (Å²) in [4.78, 5) is 11.9. The van der Waals surface area contributed by atoms with E-state index in [1.165, 1.54) is 28.2 Å². The quantitative estimate of drug-likeness (QED) is 0.926. The molecule has 0 spiro atoms. The largest absolute Gasteiger partial charge is 0.354 e. The Bertz CT molecular complexity index is 870. The molecular formula is C16H19N3O3S. The molecule has 1 aromatic heterocycles. The van der Waals surface area contributed by atoms with Crippen molar-refractivity contribution < 1.29 is 13.2 Å². The highest BCUT2D eigenvalue weighted by Crippen LogP contribution is 2.36. The normalized spacial score (nSPS) is 17.2. The highest BCUT2D eigenvalue weighted by atomic mass is 32.2. The van der Waals surface area contributed by atoms with Gasteiger partial charge >= 0.3 is 0 Å². The van der Waals surface area contributed by atoms with E-state index >= 15 is 0 Å². The lowest BCUT2D eigenvalue weighted by Crippen LogP contribution is -2.35. The Hall–Kier alpha value is -2.28. The standard InChI is InChI=1S/C16H19N3O3S/c1-11-8-12-6-4-5-7-14(12)19(11)23(21,22)13-9-15(16(20)17-2)18(3)10-13/h4-7,9-11H,8H2,1-3H3,(H,17,20). The lowest BCUT2D eigenvalue weighted by atomic mass is 10.1. The van der Waals surface area contributed by atoms with Crippen molar-refractivity contribution >= 4 is 21.6 Å². The predicted octanol–water partition coefficient (Wildman–Crippen LogP) is 1.52. The maximum Gasteiger partial charge on any atom is 0.267 e. The molecule has 0 bridgehead atoms. The lowest BCUT2D eigenvalue weighted by Gasteiger charge is -2.23. The summed E-state index contributed by atoms with van der Waals surface area (Å²) in [6.07, 6.45) is 2.16. The van der Waals surface area contributed by atoms with Crippen LogP contribution < -0.4 is 9.62 Å². The molecule has 0 saturated heterocycles. The number of fused-ring (bicyclic) bond motifs is 1. The van der Waals surface area contributed by atoms with Gasteiger partial charge in [-0.25, -0.2) is 8.42 Å². The number of amides is 1. The van der Waals surface area contributed by atoms with Gasteiger partial charge in [-0.3, -0.25) is 9.10 Å². The maximum absolute atomic E-state index is 13.1. The third kappa shape index (κ3) is 2.41. The van der Waals surface area contributed by atoms with Crippen molar-refractivity contribution in [1.82, 2.24) is 9.88 Å². The van der Waals surface area contributed by atoms with E-state index in [0.717, 1.165) is 5.56 Å². The van der Waals surface area contributed by atoms with Gasteiger partial charge < -0.3 is 9.88 Å². The fourth-order valence-electron chi connectivity index (χ4n) is 3.05. The zero-order valence-electron chi connectivity index (χ0n) is 13.3. The molecule has 3 rings (SSSR count). The van der Waals surface area contributed by atoms with Gasteiger partial charge in [-0.2, -0.15) is 0 Å². The van der Waals surface area contributed by atoms with Crippen LogP contribution in [0.1, 0.15) is 23.0 Å². The summed E-state index contributed by atoms with van der Waals surface area (Å²) < 4.78 is 29.1. The number of rotatable bonds is 3. The zero-order valence-corrected chi connectivity index (χ0v) is 14.1. The molecule has 1 N–H and O–H groups in total. The monoisotopic (exact) mass is 333 g/mol. The number of para-hydroxylation sites is 1. The summed E-state index contributed by atoms with van der Waals surface area (Å²) in [7, 11) is -0.538. The van der Waals surface area contributed by atoms with E-state index in [1.807, 2.05) is 31.2 Å². The lowest BCUT2D eigenvalue weighted by molar-refractivity contribution is 0.0955. The van der Waals surface area contributed by atoms with E-state index in [2.05, 4.69) is 5.32 Å². The molecule has 0 fully saturated rings. The van der Waals surface area contributed by atoms with Gasteiger partial charge in [0.05, 0.1) is 5.69 Å². The van der Waals surface area contributed by atoms with Gasteiger partial charge in [0.15, 0.2) is 0 Å². The third-order valence-electron chi connectivity index (χ3n) is 4.14. The van der Waals surface area contributed by atoms with Crippen LogP contribution in [0.4, 0.5) is 5.69 Å². The molecule has 1 amide bonds. The molecule has 1 unspecified atom stereocenters. The predicted molar refractivity (Wildman–Crippen MR) is 88.1 cm³/mol. The van der Waals surface area contributed by atoms with Gasteiger partial charge in [0.25, 0.3) is 15.9 Å². The van der Waals surface area contributed by atoms with Gasteiger partial charge in [-0.1, -0.05) is 18.2 Å². The number of nitrogens with one attached hydrogen (secondary N) is 1. The minimum Gasteiger partial charge on any atom is -0.354 e. The summed E-state index contributed by atoms with van der Waals surface area (Å²) in [6.45, 7) is 1.89. The molecule has 0 saturated carbocycles. The molecular weight excluding hydrogens is 314 g/mol. The average molecular weight is 333 g/mol. The first-order valence-corrected chi connectivity index (χ1v) is 8.81. The van der Waals surface area contributed by atoms with Crippen LogP contribution >= 0.6 is 0 Å². The first-order chi connectivity index (χ1) is 10.9. The highest BCUT2D eigenvalue weighted by Gasteiger charge is 2.36. The van der Waals surface area contributed by atoms with E-state index in [1.54, 1.807) is 7.05 Å². The molecule has 2 aromatic rings. The van der Waals surface area contributed by atoms with Crippen molar-refractivity contribution in [3.05, 3.63) is 47.8 Å². The van der Waals surface area contributed by atoms with E-state index in [9.17, 15) is 13.2 Å². The van der Waals surface area contributed by atoms with Crippen LogP contribution in [-0.2, 0) is 23.5 Å². The number of sulfonamides is 1. The number of carbonyl (C=O) groups is 1. The number of nitrogens with zero attached hydrogens (tertiary/aromatic N) is 2. The zero-order chi connectivity index (χ0) is 16.8. The van der Waals surface area contributed by atoms with Crippen LogP contribution in [0, 0.1) is 0 Å². The Balaban J connectivity index is 2.08. The topological polar surface area (TPSA) is 71.4 Å². The van der Waals surface area contributed by atoms with Crippen LogP contribution in [-0.4, -0.2) is 32.0 Å². The summed E-state index contributed by atoms with van der Waals surface area (Å²) in [5, 5.41) is 2.51. The first kappa shape index (κ1) is 15.6. The number of hydrogen-bond acceptors (Lipinski definition) is 3. The van der Waals surface area contributed by atoms with Crippen molar-refractivity contribution in [2.24, 2.45) is 7.05 Å². The second-order valence-corrected chi connectivity index (χ2v) is 7.55. The highest BCUT2D eigenvalue weighted by molar-refractivity contribution is 7.92. The summed E-state index contributed by atoms with van der Waals surface area (Å²) >= 11 is 0. The number of aromatic nitrogens is 1. The van der Waals surface area contributed by atoms with Crippen molar-refractivity contribution in [1.29, 1.82) is 0 Å². The van der Waals surface area contributed by atoms with Crippen molar-refractivity contribution in [2.75, 3.05) is 11.4 Å². The number of carbonyl (C=O) groups excluding carboxylic acids is 1. The second kappa shape index (κ2) is 5.42. The molecule has 1 aliphatic rings. The smallest absolute Gasteiger partial charge is 0.267 e. The second-order valence-electron chi connectivity index (χ2n) is 5.73. The fourth-order valence-corrected chi connectivity index (χ4v) is 4.81. The summed E-state index contributed by atoms with van der Waals surface area (Å²) in [6, 6.07) is 8.78. The molecule has 6 nitrogen and oxygen atoms in total. The molecule has 2 heterocycles. The van der Waals surface area contributed by atoms with Crippen LogP contribution in [0.3, 0.4) is 0 Å².